The van der Waals surface area contributed by atoms with Crippen molar-refractivity contribution in [2.75, 3.05) is 28.2 Å². The van der Waals surface area contributed by atoms with Crippen LogP contribution >= 0.6 is 0 Å². The molecule has 92 valence electrons. The standard InChI is InChI=1S/2C5H5.2C2H6N.Hf/c2*1-2-4-5-3-1;2*1-3-2;/h2*1-3H,4H2;2*1-2H3;/q;;2*-1;+2. The fourth-order valence-electron chi connectivity index (χ4n) is 3.17. The van der Waals surface area contributed by atoms with Gasteiger partial charge in [0, 0.05) is 0 Å². The minimum atomic E-state index is -2.87. The molecule has 0 unspecified atom stereocenters. The third kappa shape index (κ3) is 2.09. The third-order valence-corrected chi connectivity index (χ3v) is 22.1. The summed E-state index contributed by atoms with van der Waals surface area (Å²) in [6.07, 6.45) is 16.0. The molecule has 0 amide bonds. The Kier molecular flexibility index (Phi) is 4.01. The van der Waals surface area contributed by atoms with E-state index < -0.39 is 20.5 Å². The Morgan fingerprint density at radius 2 is 1.24 bits per heavy atom. The second kappa shape index (κ2) is 5.17. The number of hydrogen-bond donors (Lipinski definition) is 0. The van der Waals surface area contributed by atoms with Crippen LogP contribution in [-0.2, 0) is 20.5 Å². The molecule has 0 radical (unpaired) electrons. The molecule has 0 fully saturated rings. The van der Waals surface area contributed by atoms with Crippen molar-refractivity contribution >= 4 is 0 Å². The zero-order valence-electron chi connectivity index (χ0n) is 11.3. The predicted molar refractivity (Wildman–Crippen MR) is 71.1 cm³/mol. The SMILES string of the molecule is C[N](C)[Hf]([C]1=CC=CC1)([C]1=CC=CC1)[N](C)C. The normalized spacial score (nSPS) is 19.4. The molecule has 0 aromatic carbocycles. The molecule has 2 nitrogen and oxygen atoms in total. The van der Waals surface area contributed by atoms with Crippen LogP contribution in [-0.4, -0.2) is 34.0 Å². The molecule has 17 heavy (non-hydrogen) atoms. The average molecular weight is 397 g/mol. The Labute approximate surface area is 110 Å². The Morgan fingerprint density at radius 1 is 0.824 bits per heavy atom. The predicted octanol–water partition coefficient (Wildman–Crippen LogP) is 2.78. The number of hydrogen-bond acceptors (Lipinski definition) is 2. The molecule has 0 heterocycles. The van der Waals surface area contributed by atoms with E-state index in [0.29, 0.717) is 0 Å². The van der Waals surface area contributed by atoms with Gasteiger partial charge in [-0.3, -0.25) is 0 Å². The molecule has 0 N–H and O–H groups in total. The van der Waals surface area contributed by atoms with Crippen molar-refractivity contribution in [2.24, 2.45) is 0 Å². The van der Waals surface area contributed by atoms with Gasteiger partial charge >= 0.3 is 110 Å². The van der Waals surface area contributed by atoms with Crippen LogP contribution in [0.4, 0.5) is 0 Å². The van der Waals surface area contributed by atoms with Gasteiger partial charge in [0.05, 0.1) is 0 Å². The minimum absolute atomic E-state index is 1.15. The molecule has 0 aliphatic heterocycles. The van der Waals surface area contributed by atoms with Crippen LogP contribution < -0.4 is 0 Å². The third-order valence-electron chi connectivity index (χ3n) is 3.73. The van der Waals surface area contributed by atoms with Crippen molar-refractivity contribution in [2.45, 2.75) is 12.8 Å². The zero-order valence-corrected chi connectivity index (χ0v) is 14.9. The van der Waals surface area contributed by atoms with Crippen molar-refractivity contribution in [1.29, 1.82) is 0 Å². The van der Waals surface area contributed by atoms with E-state index in [2.05, 4.69) is 70.4 Å². The fourth-order valence-corrected chi connectivity index (χ4v) is 21.0. The molecule has 0 spiro atoms. The first kappa shape index (κ1) is 13.2. The topological polar surface area (TPSA) is 6.48 Å². The Morgan fingerprint density at radius 3 is 1.47 bits per heavy atom. The van der Waals surface area contributed by atoms with Gasteiger partial charge in [-0.25, -0.2) is 0 Å². The molecule has 0 bridgehead atoms. The molecule has 0 saturated heterocycles. The summed E-state index contributed by atoms with van der Waals surface area (Å²) in [5, 5.41) is 0. The summed E-state index contributed by atoms with van der Waals surface area (Å²) in [5.74, 6) is 0. The van der Waals surface area contributed by atoms with Crippen molar-refractivity contribution in [3.63, 3.8) is 0 Å². The van der Waals surface area contributed by atoms with E-state index in [-0.39, 0.29) is 0 Å². The Balaban J connectivity index is 2.46. The second-order valence-corrected chi connectivity index (χ2v) is 21.0. The fraction of sp³-hybridized carbons (Fsp3) is 0.429. The molecular formula is C14H22HfN2. The van der Waals surface area contributed by atoms with Gasteiger partial charge in [0.1, 0.15) is 0 Å². The van der Waals surface area contributed by atoms with E-state index in [1.54, 1.807) is 6.66 Å². The summed E-state index contributed by atoms with van der Waals surface area (Å²) in [4.78, 5) is 0. The van der Waals surface area contributed by atoms with Gasteiger partial charge in [-0.05, 0) is 0 Å². The Bertz CT molecular complexity index is 374. The van der Waals surface area contributed by atoms with E-state index in [9.17, 15) is 0 Å². The Hall–Kier alpha value is -0.250. The summed E-state index contributed by atoms with van der Waals surface area (Å²) in [7, 11) is 9.06. The summed E-state index contributed by atoms with van der Waals surface area (Å²) in [6, 6.07) is 0. The van der Waals surface area contributed by atoms with Gasteiger partial charge in [0.15, 0.2) is 0 Å². The summed E-state index contributed by atoms with van der Waals surface area (Å²) < 4.78 is 8.46. The van der Waals surface area contributed by atoms with Crippen LogP contribution in [0.3, 0.4) is 0 Å². The van der Waals surface area contributed by atoms with Crippen molar-refractivity contribution in [3.05, 3.63) is 43.1 Å². The van der Waals surface area contributed by atoms with Gasteiger partial charge in [-0.2, -0.15) is 0 Å². The molecular weight excluding hydrogens is 375 g/mol. The van der Waals surface area contributed by atoms with Crippen LogP contribution in [0.15, 0.2) is 43.1 Å². The van der Waals surface area contributed by atoms with Crippen molar-refractivity contribution in [1.82, 2.24) is 5.78 Å². The molecule has 0 saturated carbocycles. The summed E-state index contributed by atoms with van der Waals surface area (Å²) in [6.45, 7) is 0. The molecule has 2 aliphatic carbocycles. The quantitative estimate of drug-likeness (QED) is 0.674. The second-order valence-electron chi connectivity index (χ2n) is 5.11. The molecule has 2 rings (SSSR count). The van der Waals surface area contributed by atoms with Crippen LogP contribution in [0.1, 0.15) is 12.8 Å². The molecule has 0 aromatic rings. The van der Waals surface area contributed by atoms with Crippen LogP contribution in [0.5, 0.6) is 0 Å². The van der Waals surface area contributed by atoms with E-state index in [1.165, 1.54) is 0 Å². The van der Waals surface area contributed by atoms with Crippen LogP contribution in [0, 0.1) is 0 Å². The van der Waals surface area contributed by atoms with Gasteiger partial charge < -0.3 is 0 Å². The first-order valence-corrected chi connectivity index (χ1v) is 13.0. The van der Waals surface area contributed by atoms with Gasteiger partial charge in [0.25, 0.3) is 0 Å². The number of nitrogens with zero attached hydrogens (tertiary/aromatic N) is 2. The van der Waals surface area contributed by atoms with E-state index in [4.69, 9.17) is 0 Å². The van der Waals surface area contributed by atoms with Gasteiger partial charge in [-0.15, -0.1) is 0 Å². The molecule has 2 aliphatic rings. The molecule has 3 heteroatoms. The van der Waals surface area contributed by atoms with Crippen LogP contribution in [0.2, 0.25) is 0 Å². The molecule has 0 atom stereocenters. The van der Waals surface area contributed by atoms with Crippen molar-refractivity contribution < 1.29 is 20.5 Å². The average Bonchev–Trinajstić information content (AvgIpc) is 2.88. The van der Waals surface area contributed by atoms with Gasteiger partial charge in [-0.1, -0.05) is 0 Å². The summed E-state index contributed by atoms with van der Waals surface area (Å²) >= 11 is -2.87. The maximum absolute atomic E-state index is 2.87. The monoisotopic (exact) mass is 398 g/mol. The van der Waals surface area contributed by atoms with E-state index >= 15 is 0 Å². The van der Waals surface area contributed by atoms with Crippen LogP contribution in [0.25, 0.3) is 0 Å². The zero-order chi connectivity index (χ0) is 12.5. The van der Waals surface area contributed by atoms with E-state index in [0.717, 1.165) is 12.8 Å². The number of allylic oxidation sites excluding steroid dienone is 8. The first-order valence-electron chi connectivity index (χ1n) is 6.17. The van der Waals surface area contributed by atoms with Gasteiger partial charge in [0.2, 0.25) is 0 Å². The summed E-state index contributed by atoms with van der Waals surface area (Å²) in [5.41, 5.74) is 0. The van der Waals surface area contributed by atoms with E-state index in [1.807, 2.05) is 0 Å². The van der Waals surface area contributed by atoms with Crippen molar-refractivity contribution in [3.8, 4) is 0 Å². The maximum atomic E-state index is 2.55. The molecule has 0 aromatic heterocycles. The number of rotatable bonds is 4. The first-order chi connectivity index (χ1) is 8.10.